The molecule has 0 unspecified atom stereocenters. The molecule has 1 aromatic carbocycles. The van der Waals surface area contributed by atoms with E-state index < -0.39 is 29.5 Å². The fraction of sp³-hybridized carbons (Fsp3) is 0.375. The summed E-state index contributed by atoms with van der Waals surface area (Å²) in [4.78, 5) is 25.9. The van der Waals surface area contributed by atoms with Gasteiger partial charge in [-0.3, -0.25) is 9.59 Å². The summed E-state index contributed by atoms with van der Waals surface area (Å²) in [5.41, 5.74) is 0.788. The quantitative estimate of drug-likeness (QED) is 0.847. The van der Waals surface area contributed by atoms with E-state index in [2.05, 4.69) is 0 Å². The van der Waals surface area contributed by atoms with E-state index in [1.807, 2.05) is 19.1 Å². The summed E-state index contributed by atoms with van der Waals surface area (Å²) in [7, 11) is 0. The zero-order valence-electron chi connectivity index (χ0n) is 11.8. The van der Waals surface area contributed by atoms with Crippen LogP contribution in [-0.2, 0) is 14.3 Å². The summed E-state index contributed by atoms with van der Waals surface area (Å²) in [5.74, 6) is -2.64. The van der Waals surface area contributed by atoms with Gasteiger partial charge in [-0.05, 0) is 30.7 Å². The molecule has 3 aliphatic heterocycles. The molecule has 2 bridgehead atoms. The standard InChI is InChI=1S/C16H14ClNO4/c1-8-6-9(2-3-10(8)17)18-7-16-5-4-11(22-16)12(15(20)21)13(16)14(18)19/h2-6,11-13H,7H2,1H3,(H,20,21)/t11-,12+,13+,16-/m1/s1. The number of hydrogen-bond donors (Lipinski definition) is 1. The molecule has 2 saturated heterocycles. The summed E-state index contributed by atoms with van der Waals surface area (Å²) < 4.78 is 5.85. The number of aliphatic carboxylic acids is 1. The first kappa shape index (κ1) is 13.8. The van der Waals surface area contributed by atoms with Crippen LogP contribution in [0.3, 0.4) is 0 Å². The molecule has 1 N–H and O–H groups in total. The third-order valence-electron chi connectivity index (χ3n) is 4.84. The molecule has 1 aromatic rings. The maximum Gasteiger partial charge on any atom is 0.310 e. The Bertz CT molecular complexity index is 731. The van der Waals surface area contributed by atoms with Gasteiger partial charge in [-0.15, -0.1) is 0 Å². The summed E-state index contributed by atoms with van der Waals surface area (Å²) in [6.45, 7) is 2.21. The van der Waals surface area contributed by atoms with Gasteiger partial charge in [0.05, 0.1) is 18.6 Å². The Hall–Kier alpha value is -1.85. The Morgan fingerprint density at radius 2 is 2.27 bits per heavy atom. The van der Waals surface area contributed by atoms with Crippen molar-refractivity contribution < 1.29 is 19.4 Å². The van der Waals surface area contributed by atoms with E-state index in [9.17, 15) is 14.7 Å². The molecule has 3 aliphatic rings. The zero-order chi connectivity index (χ0) is 15.6. The lowest BCUT2D eigenvalue weighted by molar-refractivity contribution is -0.146. The van der Waals surface area contributed by atoms with Gasteiger partial charge in [-0.25, -0.2) is 0 Å². The van der Waals surface area contributed by atoms with Crippen molar-refractivity contribution in [3.05, 3.63) is 40.9 Å². The number of rotatable bonds is 2. The second kappa shape index (κ2) is 4.33. The van der Waals surface area contributed by atoms with Crippen molar-refractivity contribution in [2.75, 3.05) is 11.4 Å². The maximum atomic E-state index is 12.8. The lowest BCUT2D eigenvalue weighted by Gasteiger charge is -2.21. The molecule has 1 amide bonds. The van der Waals surface area contributed by atoms with Crippen LogP contribution in [0.2, 0.25) is 5.02 Å². The molecule has 114 valence electrons. The van der Waals surface area contributed by atoms with Crippen LogP contribution in [0, 0.1) is 18.8 Å². The Labute approximate surface area is 132 Å². The predicted octanol–water partition coefficient (Wildman–Crippen LogP) is 2.02. The smallest absolute Gasteiger partial charge is 0.310 e. The molecule has 6 heteroatoms. The van der Waals surface area contributed by atoms with Crippen molar-refractivity contribution in [2.45, 2.75) is 18.6 Å². The van der Waals surface area contributed by atoms with Crippen molar-refractivity contribution in [2.24, 2.45) is 11.8 Å². The molecule has 4 rings (SSSR count). The summed E-state index contributed by atoms with van der Waals surface area (Å²) in [6.07, 6.45) is 3.11. The topological polar surface area (TPSA) is 66.8 Å². The minimum Gasteiger partial charge on any atom is -0.481 e. The van der Waals surface area contributed by atoms with Crippen LogP contribution in [-0.4, -0.2) is 35.2 Å². The average Bonchev–Trinajstić information content (AvgIpc) is 3.10. The van der Waals surface area contributed by atoms with Gasteiger partial charge in [0.15, 0.2) is 0 Å². The number of anilines is 1. The number of nitrogens with zero attached hydrogens (tertiary/aromatic N) is 1. The third-order valence-corrected chi connectivity index (χ3v) is 5.26. The number of carboxylic acid groups (broad SMARTS) is 1. The Morgan fingerprint density at radius 3 is 2.95 bits per heavy atom. The first-order chi connectivity index (χ1) is 10.4. The molecular weight excluding hydrogens is 306 g/mol. The number of carbonyl (C=O) groups is 2. The van der Waals surface area contributed by atoms with E-state index in [1.54, 1.807) is 23.1 Å². The molecule has 0 aromatic heterocycles. The highest BCUT2D eigenvalue weighted by atomic mass is 35.5. The van der Waals surface area contributed by atoms with Gasteiger partial charge in [-0.1, -0.05) is 23.8 Å². The highest BCUT2D eigenvalue weighted by Gasteiger charge is 2.67. The fourth-order valence-corrected chi connectivity index (χ4v) is 3.91. The van der Waals surface area contributed by atoms with E-state index in [0.717, 1.165) is 11.3 Å². The van der Waals surface area contributed by atoms with Gasteiger partial charge in [0.2, 0.25) is 5.91 Å². The summed E-state index contributed by atoms with van der Waals surface area (Å²) in [5, 5.41) is 10.1. The second-order valence-electron chi connectivity index (χ2n) is 6.10. The zero-order valence-corrected chi connectivity index (χ0v) is 12.6. The molecule has 22 heavy (non-hydrogen) atoms. The van der Waals surface area contributed by atoms with Gasteiger partial charge in [0, 0.05) is 10.7 Å². The maximum absolute atomic E-state index is 12.8. The van der Waals surface area contributed by atoms with Crippen molar-refractivity contribution >= 4 is 29.2 Å². The molecule has 5 nitrogen and oxygen atoms in total. The van der Waals surface area contributed by atoms with E-state index in [1.165, 1.54) is 0 Å². The number of carboxylic acids is 1. The van der Waals surface area contributed by atoms with Gasteiger partial charge < -0.3 is 14.7 Å². The Kier molecular flexibility index (Phi) is 2.72. The van der Waals surface area contributed by atoms with Crippen LogP contribution in [0.25, 0.3) is 0 Å². The van der Waals surface area contributed by atoms with Crippen LogP contribution in [0.5, 0.6) is 0 Å². The monoisotopic (exact) mass is 319 g/mol. The highest BCUT2D eigenvalue weighted by molar-refractivity contribution is 6.31. The molecular formula is C16H14ClNO4. The minimum absolute atomic E-state index is 0.194. The molecule has 0 aliphatic carbocycles. The minimum atomic E-state index is -0.983. The van der Waals surface area contributed by atoms with E-state index >= 15 is 0 Å². The predicted molar refractivity (Wildman–Crippen MR) is 79.9 cm³/mol. The van der Waals surface area contributed by atoms with E-state index in [0.29, 0.717) is 11.6 Å². The summed E-state index contributed by atoms with van der Waals surface area (Å²) >= 11 is 6.03. The molecule has 0 saturated carbocycles. The van der Waals surface area contributed by atoms with Crippen LogP contribution >= 0.6 is 11.6 Å². The van der Waals surface area contributed by atoms with Crippen molar-refractivity contribution in [1.82, 2.24) is 0 Å². The molecule has 4 atom stereocenters. The molecule has 1 spiro atoms. The SMILES string of the molecule is Cc1cc(N2C[C@@]34C=C[C@@H](O3)[C@H](C(=O)O)[C@H]4C2=O)ccc1Cl. The van der Waals surface area contributed by atoms with Crippen LogP contribution in [0.4, 0.5) is 5.69 Å². The van der Waals surface area contributed by atoms with E-state index in [-0.39, 0.29) is 5.91 Å². The van der Waals surface area contributed by atoms with Crippen molar-refractivity contribution in [1.29, 1.82) is 0 Å². The van der Waals surface area contributed by atoms with Crippen molar-refractivity contribution in [3.63, 3.8) is 0 Å². The second-order valence-corrected chi connectivity index (χ2v) is 6.50. The Morgan fingerprint density at radius 1 is 1.50 bits per heavy atom. The number of halogens is 1. The van der Waals surface area contributed by atoms with Crippen molar-refractivity contribution in [3.8, 4) is 0 Å². The first-order valence-corrected chi connectivity index (χ1v) is 7.48. The number of ether oxygens (including phenoxy) is 1. The van der Waals surface area contributed by atoms with Gasteiger partial charge in [0.1, 0.15) is 11.5 Å². The fourth-order valence-electron chi connectivity index (χ4n) is 3.80. The lowest BCUT2D eigenvalue weighted by Crippen LogP contribution is -2.39. The van der Waals surface area contributed by atoms with Crippen LogP contribution in [0.1, 0.15) is 5.56 Å². The molecule has 2 fully saturated rings. The number of fused-ring (bicyclic) bond motifs is 1. The Balaban J connectivity index is 1.74. The van der Waals surface area contributed by atoms with Gasteiger partial charge in [-0.2, -0.15) is 0 Å². The highest BCUT2D eigenvalue weighted by Crippen LogP contribution is 2.52. The van der Waals surface area contributed by atoms with Crippen LogP contribution < -0.4 is 4.90 Å². The van der Waals surface area contributed by atoms with Gasteiger partial charge >= 0.3 is 5.97 Å². The number of amides is 1. The summed E-state index contributed by atoms with van der Waals surface area (Å²) in [6, 6.07) is 5.36. The molecule has 0 radical (unpaired) electrons. The number of aryl methyl sites for hydroxylation is 1. The number of hydrogen-bond acceptors (Lipinski definition) is 3. The normalized spacial score (nSPS) is 35.3. The van der Waals surface area contributed by atoms with Crippen LogP contribution in [0.15, 0.2) is 30.4 Å². The number of benzene rings is 1. The van der Waals surface area contributed by atoms with E-state index in [4.69, 9.17) is 16.3 Å². The average molecular weight is 320 g/mol. The van der Waals surface area contributed by atoms with Gasteiger partial charge in [0.25, 0.3) is 0 Å². The lowest BCUT2D eigenvalue weighted by atomic mass is 9.77. The molecule has 3 heterocycles. The third kappa shape index (κ3) is 1.63. The largest absolute Gasteiger partial charge is 0.481 e. The first-order valence-electron chi connectivity index (χ1n) is 7.10. The number of carbonyl (C=O) groups excluding carboxylic acids is 1.